The molecular formula is C20H21N3O4S3. The van der Waals surface area contributed by atoms with Gasteiger partial charge in [-0.05, 0) is 24.1 Å². The molecule has 0 aliphatic rings. The second-order valence-corrected chi connectivity index (χ2v) is 9.80. The van der Waals surface area contributed by atoms with Gasteiger partial charge in [0.15, 0.2) is 4.32 Å². The van der Waals surface area contributed by atoms with Crippen molar-refractivity contribution in [2.75, 3.05) is 12.8 Å². The van der Waals surface area contributed by atoms with Gasteiger partial charge in [0.1, 0.15) is 11.5 Å². The van der Waals surface area contributed by atoms with Crippen LogP contribution in [0.1, 0.15) is 12.2 Å². The van der Waals surface area contributed by atoms with E-state index in [4.69, 9.17) is 21.9 Å². The summed E-state index contributed by atoms with van der Waals surface area (Å²) < 4.78 is 29.2. The van der Waals surface area contributed by atoms with Crippen LogP contribution >= 0.6 is 24.0 Å². The summed E-state index contributed by atoms with van der Waals surface area (Å²) in [6.07, 6.45) is 1.36. The fourth-order valence-electron chi connectivity index (χ4n) is 2.88. The zero-order valence-electron chi connectivity index (χ0n) is 16.2. The molecule has 0 bridgehead atoms. The van der Waals surface area contributed by atoms with Gasteiger partial charge in [-0.1, -0.05) is 71.6 Å². The Bertz CT molecular complexity index is 1110. The summed E-state index contributed by atoms with van der Waals surface area (Å²) in [7, 11) is -2.28. The third-order valence-corrected chi connectivity index (χ3v) is 6.87. The fourth-order valence-corrected chi connectivity index (χ4v) is 4.30. The maximum Gasteiger partial charge on any atom is 0.238 e. The van der Waals surface area contributed by atoms with E-state index in [0.29, 0.717) is 27.9 Å². The molecule has 0 saturated carbocycles. The van der Waals surface area contributed by atoms with Crippen LogP contribution in [0.15, 0.2) is 64.0 Å². The Morgan fingerprint density at radius 3 is 2.43 bits per heavy atom. The summed E-state index contributed by atoms with van der Waals surface area (Å²) >= 11 is 6.44. The molecule has 7 nitrogen and oxygen atoms in total. The number of hydrogen-bond donors (Lipinski definition) is 2. The van der Waals surface area contributed by atoms with Crippen LogP contribution in [-0.4, -0.2) is 41.0 Å². The summed E-state index contributed by atoms with van der Waals surface area (Å²) in [4.78, 5) is 0.0450. The normalized spacial score (nSPS) is 11.4. The third-order valence-electron chi connectivity index (χ3n) is 4.32. The molecule has 3 aromatic rings. The van der Waals surface area contributed by atoms with Crippen LogP contribution in [0.25, 0.3) is 22.4 Å². The highest BCUT2D eigenvalue weighted by Crippen LogP contribution is 2.35. The lowest BCUT2D eigenvalue weighted by atomic mass is 9.98. The Balaban J connectivity index is 1.90. The summed E-state index contributed by atoms with van der Waals surface area (Å²) in [6, 6.07) is 16.0. The van der Waals surface area contributed by atoms with Crippen LogP contribution in [0, 0.1) is 0 Å². The molecule has 3 rings (SSSR count). The molecule has 0 aliphatic heterocycles. The average Bonchev–Trinajstić information content (AvgIpc) is 3.15. The maximum absolute atomic E-state index is 11.6. The minimum atomic E-state index is -3.77. The maximum atomic E-state index is 11.6. The first-order valence-electron chi connectivity index (χ1n) is 9.04. The van der Waals surface area contributed by atoms with Gasteiger partial charge < -0.3 is 4.52 Å². The van der Waals surface area contributed by atoms with Gasteiger partial charge in [0.05, 0.1) is 10.5 Å². The van der Waals surface area contributed by atoms with Gasteiger partial charge >= 0.3 is 0 Å². The van der Waals surface area contributed by atoms with E-state index in [1.165, 1.54) is 30.9 Å². The first-order valence-corrected chi connectivity index (χ1v) is 12.0. The molecule has 10 heteroatoms. The SMILES string of the molecule is CN(O)C(=S)SCCCc1onc(-c2ccccc2)c1-c1ccc(S(N)(=O)=O)cc1. The highest BCUT2D eigenvalue weighted by atomic mass is 32.2. The van der Waals surface area contributed by atoms with Crippen molar-refractivity contribution in [1.29, 1.82) is 0 Å². The van der Waals surface area contributed by atoms with E-state index in [2.05, 4.69) is 5.16 Å². The minimum absolute atomic E-state index is 0.0450. The van der Waals surface area contributed by atoms with Gasteiger partial charge in [-0.25, -0.2) is 18.6 Å². The largest absolute Gasteiger partial charge is 0.360 e. The van der Waals surface area contributed by atoms with Crippen molar-refractivity contribution in [1.82, 2.24) is 10.2 Å². The molecule has 0 atom stereocenters. The van der Waals surface area contributed by atoms with Gasteiger partial charge in [-0.3, -0.25) is 5.21 Å². The van der Waals surface area contributed by atoms with Crippen molar-refractivity contribution < 1.29 is 18.1 Å². The van der Waals surface area contributed by atoms with Crippen LogP contribution < -0.4 is 5.14 Å². The van der Waals surface area contributed by atoms with Crippen LogP contribution in [-0.2, 0) is 16.4 Å². The topological polar surface area (TPSA) is 110 Å². The second kappa shape index (κ2) is 9.71. The van der Waals surface area contributed by atoms with E-state index in [-0.39, 0.29) is 4.90 Å². The summed E-state index contributed by atoms with van der Waals surface area (Å²) in [5, 5.41) is 19.7. The molecule has 0 spiro atoms. The van der Waals surface area contributed by atoms with E-state index in [9.17, 15) is 13.6 Å². The first-order chi connectivity index (χ1) is 14.3. The Labute approximate surface area is 184 Å². The molecule has 0 fully saturated rings. The number of hydrogen-bond acceptors (Lipinski definition) is 7. The molecule has 1 aromatic heterocycles. The van der Waals surface area contributed by atoms with Crippen LogP contribution in [0.3, 0.4) is 0 Å². The summed E-state index contributed by atoms with van der Waals surface area (Å²) in [6.45, 7) is 0. The molecule has 30 heavy (non-hydrogen) atoms. The molecule has 0 saturated heterocycles. The number of nitrogens with zero attached hydrogens (tertiary/aromatic N) is 2. The Kier molecular flexibility index (Phi) is 7.27. The van der Waals surface area contributed by atoms with Crippen molar-refractivity contribution in [3.05, 3.63) is 60.4 Å². The van der Waals surface area contributed by atoms with Crippen LogP contribution in [0.2, 0.25) is 0 Å². The third kappa shape index (κ3) is 5.46. The first kappa shape index (κ1) is 22.4. The number of sulfonamides is 1. The van der Waals surface area contributed by atoms with E-state index in [1.54, 1.807) is 12.1 Å². The number of hydroxylamine groups is 2. The summed E-state index contributed by atoms with van der Waals surface area (Å²) in [5.41, 5.74) is 3.19. The Morgan fingerprint density at radius 2 is 1.83 bits per heavy atom. The number of nitrogens with two attached hydrogens (primary N) is 1. The zero-order chi connectivity index (χ0) is 21.7. The zero-order valence-corrected chi connectivity index (χ0v) is 18.6. The number of thiocarbonyl (C=S) groups is 1. The molecule has 0 unspecified atom stereocenters. The average molecular weight is 464 g/mol. The smallest absolute Gasteiger partial charge is 0.238 e. The highest BCUT2D eigenvalue weighted by molar-refractivity contribution is 8.22. The van der Waals surface area contributed by atoms with Crippen molar-refractivity contribution in [2.45, 2.75) is 17.7 Å². The van der Waals surface area contributed by atoms with E-state index in [0.717, 1.165) is 28.2 Å². The van der Waals surface area contributed by atoms with Crippen molar-refractivity contribution in [2.24, 2.45) is 5.14 Å². The van der Waals surface area contributed by atoms with E-state index in [1.807, 2.05) is 30.3 Å². The van der Waals surface area contributed by atoms with Gasteiger partial charge in [-0.2, -0.15) is 0 Å². The lowest BCUT2D eigenvalue weighted by Crippen LogP contribution is -2.17. The van der Waals surface area contributed by atoms with Gasteiger partial charge in [0.25, 0.3) is 0 Å². The van der Waals surface area contributed by atoms with E-state index < -0.39 is 10.0 Å². The minimum Gasteiger partial charge on any atom is -0.360 e. The van der Waals surface area contributed by atoms with Crippen molar-refractivity contribution in [3.63, 3.8) is 0 Å². The van der Waals surface area contributed by atoms with Crippen LogP contribution in [0.4, 0.5) is 0 Å². The number of rotatable bonds is 7. The lowest BCUT2D eigenvalue weighted by Gasteiger charge is -2.10. The number of benzene rings is 2. The number of aryl methyl sites for hydroxylation is 1. The molecule has 2 aromatic carbocycles. The standard InChI is InChI=1S/C20H21N3O4S3/c1-23(24)20(28)29-13-5-8-17-18(14-9-11-16(12-10-14)30(21,25)26)19(22-27-17)15-6-3-2-4-7-15/h2-4,6-7,9-12,24H,5,8,13H2,1H3,(H2,21,25,26). The molecule has 0 amide bonds. The fraction of sp³-hybridized carbons (Fsp3) is 0.200. The Morgan fingerprint density at radius 1 is 1.17 bits per heavy atom. The predicted molar refractivity (Wildman–Crippen MR) is 122 cm³/mol. The molecular weight excluding hydrogens is 442 g/mol. The van der Waals surface area contributed by atoms with Crippen molar-refractivity contribution >= 4 is 38.3 Å². The summed E-state index contributed by atoms with van der Waals surface area (Å²) in [5.74, 6) is 1.40. The molecule has 158 valence electrons. The highest BCUT2D eigenvalue weighted by Gasteiger charge is 2.20. The van der Waals surface area contributed by atoms with Crippen molar-refractivity contribution in [3.8, 4) is 22.4 Å². The number of thioether (sulfide) groups is 1. The predicted octanol–water partition coefficient (Wildman–Crippen LogP) is 3.93. The van der Waals surface area contributed by atoms with Gasteiger partial charge in [0.2, 0.25) is 10.0 Å². The second-order valence-electron chi connectivity index (χ2n) is 6.51. The quantitative estimate of drug-likeness (QED) is 0.308. The number of aromatic nitrogens is 1. The molecule has 0 radical (unpaired) electrons. The van der Waals surface area contributed by atoms with E-state index >= 15 is 0 Å². The Hall–Kier alpha value is -2.24. The molecule has 0 aliphatic carbocycles. The number of primary sulfonamides is 1. The van der Waals surface area contributed by atoms with Gasteiger partial charge in [0, 0.05) is 24.8 Å². The monoisotopic (exact) mass is 463 g/mol. The molecule has 3 N–H and O–H groups in total. The molecule has 1 heterocycles. The van der Waals surface area contributed by atoms with Crippen LogP contribution in [0.5, 0.6) is 0 Å². The lowest BCUT2D eigenvalue weighted by molar-refractivity contribution is 0.0205. The van der Waals surface area contributed by atoms with Gasteiger partial charge in [-0.15, -0.1) is 0 Å².